The van der Waals surface area contributed by atoms with Gasteiger partial charge in [-0.05, 0) is 44.5 Å². The van der Waals surface area contributed by atoms with Gasteiger partial charge in [0.1, 0.15) is 5.75 Å². The zero-order chi connectivity index (χ0) is 13.8. The van der Waals surface area contributed by atoms with Crippen LogP contribution in [0.4, 0.5) is 0 Å². The van der Waals surface area contributed by atoms with Gasteiger partial charge < -0.3 is 15.7 Å². The highest BCUT2D eigenvalue weighted by atomic mass is 35.5. The van der Waals surface area contributed by atoms with Crippen molar-refractivity contribution in [1.82, 2.24) is 10.6 Å². The Hall–Kier alpha value is -1.26. The highest BCUT2D eigenvalue weighted by Gasteiger charge is 2.22. The largest absolute Gasteiger partial charge is 0.508 e. The van der Waals surface area contributed by atoms with E-state index in [9.17, 15) is 9.90 Å². The van der Waals surface area contributed by atoms with Gasteiger partial charge in [-0.2, -0.15) is 0 Å². The van der Waals surface area contributed by atoms with Gasteiger partial charge in [0, 0.05) is 12.1 Å². The summed E-state index contributed by atoms with van der Waals surface area (Å²) in [6.45, 7) is 2.98. The number of hydrogen-bond donors (Lipinski definition) is 3. The van der Waals surface area contributed by atoms with Crippen molar-refractivity contribution in [3.8, 4) is 5.75 Å². The monoisotopic (exact) mass is 282 g/mol. The normalized spacial score (nSPS) is 20.8. The van der Waals surface area contributed by atoms with Gasteiger partial charge in [0.2, 0.25) is 0 Å². The number of phenols is 1. The van der Waals surface area contributed by atoms with Crippen LogP contribution >= 0.6 is 11.6 Å². The summed E-state index contributed by atoms with van der Waals surface area (Å²) in [5, 5.41) is 16.1. The molecule has 0 saturated carbocycles. The quantitative estimate of drug-likeness (QED) is 0.797. The molecule has 1 aromatic rings. The Morgan fingerprint density at radius 3 is 3.00 bits per heavy atom. The molecule has 2 rings (SSSR count). The predicted molar refractivity (Wildman–Crippen MR) is 75.7 cm³/mol. The van der Waals surface area contributed by atoms with Gasteiger partial charge in [-0.15, -0.1) is 0 Å². The fraction of sp³-hybridized carbons (Fsp3) is 0.500. The zero-order valence-corrected chi connectivity index (χ0v) is 11.7. The van der Waals surface area contributed by atoms with Gasteiger partial charge in [0.15, 0.2) is 0 Å². The molecule has 4 nitrogen and oxygen atoms in total. The van der Waals surface area contributed by atoms with Crippen LogP contribution in [-0.2, 0) is 0 Å². The number of rotatable bonds is 3. The number of amides is 1. The van der Waals surface area contributed by atoms with E-state index >= 15 is 0 Å². The molecule has 1 saturated heterocycles. The smallest absolute Gasteiger partial charge is 0.253 e. The maximum absolute atomic E-state index is 12.1. The number of carbonyl (C=O) groups excluding carboxylic acids is 1. The van der Waals surface area contributed by atoms with Crippen LogP contribution in [0.5, 0.6) is 5.75 Å². The van der Waals surface area contributed by atoms with Gasteiger partial charge in [-0.1, -0.05) is 18.0 Å². The van der Waals surface area contributed by atoms with Crippen molar-refractivity contribution in [2.24, 2.45) is 0 Å². The molecular weight excluding hydrogens is 264 g/mol. The second-order valence-corrected chi connectivity index (χ2v) is 5.39. The molecule has 1 aliphatic heterocycles. The maximum Gasteiger partial charge on any atom is 0.253 e. The van der Waals surface area contributed by atoms with Crippen molar-refractivity contribution < 1.29 is 9.90 Å². The van der Waals surface area contributed by atoms with Gasteiger partial charge in [0.05, 0.1) is 10.6 Å². The summed E-state index contributed by atoms with van der Waals surface area (Å²) in [7, 11) is 0. The molecule has 1 aliphatic rings. The fourth-order valence-corrected chi connectivity index (χ4v) is 2.58. The number of nitrogens with one attached hydrogen (secondary N) is 2. The molecule has 0 aliphatic carbocycles. The molecule has 1 amide bonds. The average Bonchev–Trinajstić information content (AvgIpc) is 2.42. The first kappa shape index (κ1) is 14.2. The van der Waals surface area contributed by atoms with Gasteiger partial charge in [-0.3, -0.25) is 4.79 Å². The summed E-state index contributed by atoms with van der Waals surface area (Å²) >= 11 is 5.97. The molecule has 3 N–H and O–H groups in total. The first-order valence-corrected chi connectivity index (χ1v) is 6.98. The number of piperidine rings is 1. The molecule has 1 fully saturated rings. The Labute approximate surface area is 118 Å². The summed E-state index contributed by atoms with van der Waals surface area (Å²) in [5.41, 5.74) is 0.310. The Bertz CT molecular complexity index is 459. The molecule has 1 heterocycles. The lowest BCUT2D eigenvalue weighted by atomic mass is 9.99. The van der Waals surface area contributed by atoms with Crippen molar-refractivity contribution in [3.05, 3.63) is 28.8 Å². The van der Waals surface area contributed by atoms with Crippen molar-refractivity contribution in [2.75, 3.05) is 6.54 Å². The van der Waals surface area contributed by atoms with E-state index in [-0.39, 0.29) is 17.7 Å². The van der Waals surface area contributed by atoms with Gasteiger partial charge in [-0.25, -0.2) is 0 Å². The van der Waals surface area contributed by atoms with Crippen molar-refractivity contribution >= 4 is 17.5 Å². The minimum Gasteiger partial charge on any atom is -0.508 e. The summed E-state index contributed by atoms with van der Waals surface area (Å²) in [6.07, 6.45) is 3.44. The number of aromatic hydroxyl groups is 1. The lowest BCUT2D eigenvalue weighted by Crippen LogP contribution is -2.50. The van der Waals surface area contributed by atoms with Crippen LogP contribution in [-0.4, -0.2) is 29.6 Å². The second-order valence-electron chi connectivity index (χ2n) is 4.98. The van der Waals surface area contributed by atoms with E-state index < -0.39 is 0 Å². The number of halogens is 1. The Morgan fingerprint density at radius 2 is 2.32 bits per heavy atom. The van der Waals surface area contributed by atoms with Crippen LogP contribution in [0.1, 0.15) is 36.5 Å². The SMILES string of the molecule is CC(NC(=O)c1cc(O)ccc1Cl)C1CCCCN1. The van der Waals surface area contributed by atoms with E-state index in [0.717, 1.165) is 13.0 Å². The summed E-state index contributed by atoms with van der Waals surface area (Å²) < 4.78 is 0. The van der Waals surface area contributed by atoms with E-state index in [1.807, 2.05) is 6.92 Å². The summed E-state index contributed by atoms with van der Waals surface area (Å²) in [5.74, 6) is -0.209. The highest BCUT2D eigenvalue weighted by Crippen LogP contribution is 2.21. The number of benzene rings is 1. The van der Waals surface area contributed by atoms with E-state index in [4.69, 9.17) is 11.6 Å². The molecule has 0 aromatic heterocycles. The molecule has 19 heavy (non-hydrogen) atoms. The minimum atomic E-state index is -0.249. The lowest BCUT2D eigenvalue weighted by Gasteiger charge is -2.29. The van der Waals surface area contributed by atoms with E-state index in [1.54, 1.807) is 0 Å². The molecule has 5 heteroatoms. The van der Waals surface area contributed by atoms with E-state index in [0.29, 0.717) is 16.6 Å². The van der Waals surface area contributed by atoms with E-state index in [2.05, 4.69) is 10.6 Å². The molecular formula is C14H19ClN2O2. The van der Waals surface area contributed by atoms with Crippen LogP contribution in [0.3, 0.4) is 0 Å². The molecule has 2 unspecified atom stereocenters. The Morgan fingerprint density at radius 1 is 1.53 bits per heavy atom. The van der Waals surface area contributed by atoms with Gasteiger partial charge in [0.25, 0.3) is 5.91 Å². The first-order chi connectivity index (χ1) is 9.08. The van der Waals surface area contributed by atoms with Crippen LogP contribution in [0.25, 0.3) is 0 Å². The molecule has 0 bridgehead atoms. The van der Waals surface area contributed by atoms with Gasteiger partial charge >= 0.3 is 0 Å². The minimum absolute atomic E-state index is 0.0335. The number of carbonyl (C=O) groups is 1. The molecule has 0 radical (unpaired) electrons. The molecule has 2 atom stereocenters. The second kappa shape index (κ2) is 6.26. The third-order valence-electron chi connectivity index (χ3n) is 3.51. The van der Waals surface area contributed by atoms with Crippen LogP contribution in [0.15, 0.2) is 18.2 Å². The highest BCUT2D eigenvalue weighted by molar-refractivity contribution is 6.33. The number of phenolic OH excluding ortho intramolecular Hbond substituents is 1. The van der Waals surface area contributed by atoms with E-state index in [1.165, 1.54) is 31.0 Å². The third kappa shape index (κ3) is 3.61. The lowest BCUT2D eigenvalue weighted by molar-refractivity contribution is 0.0928. The standard InChI is InChI=1S/C14H19ClN2O2/c1-9(13-4-2-3-7-16-13)17-14(19)11-8-10(18)5-6-12(11)15/h5-6,8-9,13,16,18H,2-4,7H2,1H3,(H,17,19). The van der Waals surface area contributed by atoms with Crippen LogP contribution in [0.2, 0.25) is 5.02 Å². The van der Waals surface area contributed by atoms with Crippen molar-refractivity contribution in [2.45, 2.75) is 38.3 Å². The van der Waals surface area contributed by atoms with Crippen molar-refractivity contribution in [1.29, 1.82) is 0 Å². The summed E-state index contributed by atoms with van der Waals surface area (Å²) in [6, 6.07) is 4.71. The Kier molecular flexibility index (Phi) is 4.66. The molecule has 0 spiro atoms. The molecule has 1 aromatic carbocycles. The summed E-state index contributed by atoms with van der Waals surface area (Å²) in [4.78, 5) is 12.1. The molecule has 104 valence electrons. The fourth-order valence-electron chi connectivity index (χ4n) is 2.38. The third-order valence-corrected chi connectivity index (χ3v) is 3.83. The zero-order valence-electron chi connectivity index (χ0n) is 10.9. The maximum atomic E-state index is 12.1. The van der Waals surface area contributed by atoms with Crippen LogP contribution in [0, 0.1) is 0 Å². The predicted octanol–water partition coefficient (Wildman–Crippen LogP) is 2.31. The van der Waals surface area contributed by atoms with Crippen LogP contribution < -0.4 is 10.6 Å². The van der Waals surface area contributed by atoms with Crippen molar-refractivity contribution in [3.63, 3.8) is 0 Å². The first-order valence-electron chi connectivity index (χ1n) is 6.60. The topological polar surface area (TPSA) is 61.4 Å². The Balaban J connectivity index is 2.01. The average molecular weight is 283 g/mol. The number of hydrogen-bond acceptors (Lipinski definition) is 3.